The van der Waals surface area contributed by atoms with Gasteiger partial charge in [0.15, 0.2) is 4.77 Å². The van der Waals surface area contributed by atoms with E-state index < -0.39 is 0 Å². The van der Waals surface area contributed by atoms with E-state index in [9.17, 15) is 4.79 Å². The van der Waals surface area contributed by atoms with Crippen LogP contribution in [0.2, 0.25) is 5.02 Å². The third kappa shape index (κ3) is 4.59. The van der Waals surface area contributed by atoms with Crippen LogP contribution in [-0.4, -0.2) is 56.7 Å². The van der Waals surface area contributed by atoms with Crippen LogP contribution >= 0.6 is 23.8 Å². The second kappa shape index (κ2) is 8.99. The Morgan fingerprint density at radius 3 is 2.67 bits per heavy atom. The van der Waals surface area contributed by atoms with Crippen LogP contribution in [0.3, 0.4) is 0 Å². The van der Waals surface area contributed by atoms with Crippen LogP contribution in [0.25, 0.3) is 0 Å². The molecule has 1 aromatic heterocycles. The number of nitrogens with zero attached hydrogens (tertiary/aromatic N) is 4. The third-order valence-electron chi connectivity index (χ3n) is 5.17. The minimum Gasteiger partial charge on any atom is -0.339 e. The van der Waals surface area contributed by atoms with Gasteiger partial charge in [-0.05, 0) is 37.2 Å². The highest BCUT2D eigenvalue weighted by Crippen LogP contribution is 2.27. The van der Waals surface area contributed by atoms with Gasteiger partial charge in [0.05, 0.1) is 0 Å². The molecule has 0 saturated carbocycles. The quantitative estimate of drug-likeness (QED) is 0.745. The summed E-state index contributed by atoms with van der Waals surface area (Å²) in [6, 6.07) is 8.19. The van der Waals surface area contributed by atoms with Crippen molar-refractivity contribution in [1.29, 1.82) is 0 Å². The van der Waals surface area contributed by atoms with E-state index in [1.54, 1.807) is 0 Å². The lowest BCUT2D eigenvalue weighted by Gasteiger charge is -2.38. The topological polar surface area (TPSA) is 57.2 Å². The molecule has 27 heavy (non-hydrogen) atoms. The number of H-pyrrole nitrogens is 1. The molecule has 1 N–H and O–H groups in total. The Morgan fingerprint density at radius 2 is 2.00 bits per heavy atom. The van der Waals surface area contributed by atoms with Crippen molar-refractivity contribution in [2.45, 2.75) is 39.3 Å². The average Bonchev–Trinajstić information content (AvgIpc) is 3.02. The van der Waals surface area contributed by atoms with Crippen LogP contribution in [0, 0.1) is 4.77 Å². The fourth-order valence-electron chi connectivity index (χ4n) is 3.53. The van der Waals surface area contributed by atoms with Gasteiger partial charge in [0.1, 0.15) is 12.4 Å². The van der Waals surface area contributed by atoms with Crippen molar-refractivity contribution in [2.75, 3.05) is 26.2 Å². The molecule has 3 rings (SSSR count). The molecule has 1 amide bonds. The average molecular weight is 408 g/mol. The first-order chi connectivity index (χ1) is 13.0. The second-order valence-corrected chi connectivity index (χ2v) is 7.69. The standard InChI is InChI=1S/C19H26ClN5OS/c1-3-6-17-21-22-19(27)25(17)13-18(26)24-11-9-23(10-12-24)14(2)15-7-4-5-8-16(15)20/h4-5,7-8,14H,3,6,9-13H2,1-2H3,(H,22,27). The molecule has 1 aliphatic heterocycles. The number of rotatable bonds is 6. The molecule has 0 radical (unpaired) electrons. The Kier molecular flexibility index (Phi) is 6.68. The Hall–Kier alpha value is -1.70. The maximum Gasteiger partial charge on any atom is 0.242 e. The molecule has 1 atom stereocenters. The number of nitrogens with one attached hydrogen (secondary N) is 1. The molecule has 1 unspecified atom stereocenters. The number of benzene rings is 1. The maximum absolute atomic E-state index is 12.8. The van der Waals surface area contributed by atoms with E-state index in [0.29, 0.717) is 17.9 Å². The normalized spacial score (nSPS) is 16.5. The van der Waals surface area contributed by atoms with Crippen LogP contribution in [0.4, 0.5) is 0 Å². The van der Waals surface area contributed by atoms with Gasteiger partial charge in [-0.15, -0.1) is 0 Å². The van der Waals surface area contributed by atoms with Gasteiger partial charge in [-0.25, -0.2) is 0 Å². The molecular weight excluding hydrogens is 382 g/mol. The van der Waals surface area contributed by atoms with Crippen LogP contribution in [0.15, 0.2) is 24.3 Å². The van der Waals surface area contributed by atoms with Crippen LogP contribution in [-0.2, 0) is 17.8 Å². The van der Waals surface area contributed by atoms with E-state index in [0.717, 1.165) is 42.3 Å². The van der Waals surface area contributed by atoms with E-state index >= 15 is 0 Å². The van der Waals surface area contributed by atoms with Gasteiger partial charge in [0.2, 0.25) is 5.91 Å². The summed E-state index contributed by atoms with van der Waals surface area (Å²) in [6.45, 7) is 7.59. The second-order valence-electron chi connectivity index (χ2n) is 6.90. The number of aromatic amines is 1. The van der Waals surface area contributed by atoms with Gasteiger partial charge in [0, 0.05) is 43.7 Å². The number of carbonyl (C=O) groups is 1. The van der Waals surface area contributed by atoms with Gasteiger partial charge in [-0.2, -0.15) is 5.10 Å². The summed E-state index contributed by atoms with van der Waals surface area (Å²) in [7, 11) is 0. The van der Waals surface area contributed by atoms with Crippen molar-refractivity contribution in [3.8, 4) is 0 Å². The van der Waals surface area contributed by atoms with Crippen molar-refractivity contribution >= 4 is 29.7 Å². The molecule has 8 heteroatoms. The molecule has 1 aromatic carbocycles. The summed E-state index contributed by atoms with van der Waals surface area (Å²) in [5.74, 6) is 0.941. The fraction of sp³-hybridized carbons (Fsp3) is 0.526. The van der Waals surface area contributed by atoms with Gasteiger partial charge in [-0.1, -0.05) is 36.7 Å². The van der Waals surface area contributed by atoms with Crippen molar-refractivity contribution < 1.29 is 4.79 Å². The molecule has 2 aromatic rings. The van der Waals surface area contributed by atoms with E-state index in [1.165, 1.54) is 0 Å². The summed E-state index contributed by atoms with van der Waals surface area (Å²) in [4.78, 5) is 17.0. The summed E-state index contributed by atoms with van der Waals surface area (Å²) in [5.41, 5.74) is 1.13. The Morgan fingerprint density at radius 1 is 1.30 bits per heavy atom. The van der Waals surface area contributed by atoms with Crippen molar-refractivity contribution in [2.24, 2.45) is 0 Å². The number of hydrogen-bond acceptors (Lipinski definition) is 4. The highest BCUT2D eigenvalue weighted by atomic mass is 35.5. The Labute approximate surface area is 170 Å². The summed E-state index contributed by atoms with van der Waals surface area (Å²) in [6.07, 6.45) is 1.77. The molecule has 1 fully saturated rings. The van der Waals surface area contributed by atoms with Gasteiger partial charge >= 0.3 is 0 Å². The summed E-state index contributed by atoms with van der Waals surface area (Å²) >= 11 is 11.6. The molecule has 0 bridgehead atoms. The predicted molar refractivity (Wildman–Crippen MR) is 109 cm³/mol. The Bertz CT molecular complexity index is 841. The van der Waals surface area contributed by atoms with E-state index in [-0.39, 0.29) is 18.5 Å². The molecule has 6 nitrogen and oxygen atoms in total. The number of amides is 1. The van der Waals surface area contributed by atoms with Crippen molar-refractivity contribution in [3.05, 3.63) is 45.4 Å². The molecule has 2 heterocycles. The first-order valence-electron chi connectivity index (χ1n) is 9.41. The monoisotopic (exact) mass is 407 g/mol. The summed E-state index contributed by atoms with van der Waals surface area (Å²) < 4.78 is 2.33. The van der Waals surface area contributed by atoms with Crippen molar-refractivity contribution in [3.63, 3.8) is 0 Å². The largest absolute Gasteiger partial charge is 0.339 e. The molecule has 0 spiro atoms. The number of aromatic nitrogens is 3. The van der Waals surface area contributed by atoms with Crippen LogP contribution < -0.4 is 0 Å². The Balaban J connectivity index is 1.59. The number of aryl methyl sites for hydroxylation is 1. The number of hydrogen-bond donors (Lipinski definition) is 1. The lowest BCUT2D eigenvalue weighted by atomic mass is 10.1. The minimum absolute atomic E-state index is 0.0925. The first-order valence-corrected chi connectivity index (χ1v) is 10.2. The molecule has 146 valence electrons. The predicted octanol–water partition coefficient (Wildman–Crippen LogP) is 3.45. The van der Waals surface area contributed by atoms with E-state index in [2.05, 4.69) is 35.0 Å². The van der Waals surface area contributed by atoms with E-state index in [1.807, 2.05) is 27.7 Å². The minimum atomic E-state index is 0.0925. The highest BCUT2D eigenvalue weighted by molar-refractivity contribution is 7.71. The van der Waals surface area contributed by atoms with Crippen LogP contribution in [0.5, 0.6) is 0 Å². The highest BCUT2D eigenvalue weighted by Gasteiger charge is 2.26. The molecule has 1 aliphatic rings. The van der Waals surface area contributed by atoms with Crippen molar-refractivity contribution in [1.82, 2.24) is 24.6 Å². The van der Waals surface area contributed by atoms with Gasteiger partial charge < -0.3 is 4.90 Å². The third-order valence-corrected chi connectivity index (χ3v) is 5.83. The van der Waals surface area contributed by atoms with Gasteiger partial charge in [0.25, 0.3) is 0 Å². The zero-order valence-electron chi connectivity index (χ0n) is 15.8. The fourth-order valence-corrected chi connectivity index (χ4v) is 4.04. The van der Waals surface area contributed by atoms with Crippen LogP contribution in [0.1, 0.15) is 37.7 Å². The maximum atomic E-state index is 12.8. The summed E-state index contributed by atoms with van der Waals surface area (Å²) in [5, 5.41) is 7.83. The first kappa shape index (κ1) is 20.0. The number of carbonyl (C=O) groups excluding carboxylic acids is 1. The molecule has 0 aliphatic carbocycles. The zero-order valence-corrected chi connectivity index (χ0v) is 17.4. The lowest BCUT2D eigenvalue weighted by Crippen LogP contribution is -2.50. The zero-order chi connectivity index (χ0) is 19.4. The molecular formula is C19H26ClN5OS. The van der Waals surface area contributed by atoms with Gasteiger partial charge in [-0.3, -0.25) is 19.4 Å². The lowest BCUT2D eigenvalue weighted by molar-refractivity contribution is -0.134. The molecule has 1 saturated heterocycles. The smallest absolute Gasteiger partial charge is 0.242 e. The SMILES string of the molecule is CCCc1n[nH]c(=S)n1CC(=O)N1CCN(C(C)c2ccccc2Cl)CC1. The van der Waals surface area contributed by atoms with E-state index in [4.69, 9.17) is 23.8 Å². The number of halogens is 1. The number of piperazine rings is 1.